The van der Waals surface area contributed by atoms with Crippen molar-refractivity contribution in [3.05, 3.63) is 0 Å². The standard InChI is InChI=1S/C17H33NO2/c1-6-16(2,3)14-8-7-13(19)11-15(14)18-9-10-20-17(4,5)12-18/h13-15,19H,6-12H2,1-5H3. The van der Waals surface area contributed by atoms with Gasteiger partial charge in [0.1, 0.15) is 0 Å². The van der Waals surface area contributed by atoms with Crippen LogP contribution in [0.15, 0.2) is 0 Å². The molecule has 0 aromatic rings. The van der Waals surface area contributed by atoms with Gasteiger partial charge in [-0.1, -0.05) is 27.2 Å². The highest BCUT2D eigenvalue weighted by atomic mass is 16.5. The molecule has 0 radical (unpaired) electrons. The van der Waals surface area contributed by atoms with E-state index in [1.54, 1.807) is 0 Å². The number of rotatable bonds is 3. The van der Waals surface area contributed by atoms with Gasteiger partial charge in [-0.15, -0.1) is 0 Å². The predicted octanol–water partition coefficient (Wildman–Crippen LogP) is 3.06. The minimum atomic E-state index is -0.116. The third kappa shape index (κ3) is 3.55. The van der Waals surface area contributed by atoms with Gasteiger partial charge in [0.15, 0.2) is 0 Å². The van der Waals surface area contributed by atoms with Gasteiger partial charge in [0.05, 0.1) is 18.3 Å². The van der Waals surface area contributed by atoms with E-state index in [1.807, 2.05) is 0 Å². The summed E-state index contributed by atoms with van der Waals surface area (Å²) in [6.07, 6.45) is 4.15. The molecular weight excluding hydrogens is 250 g/mol. The van der Waals surface area contributed by atoms with E-state index in [4.69, 9.17) is 4.74 Å². The van der Waals surface area contributed by atoms with Crippen LogP contribution in [0.2, 0.25) is 0 Å². The second kappa shape index (κ2) is 5.94. The Morgan fingerprint density at radius 2 is 2.00 bits per heavy atom. The zero-order valence-corrected chi connectivity index (χ0v) is 14.0. The van der Waals surface area contributed by atoms with Crippen LogP contribution in [-0.4, -0.2) is 47.4 Å². The van der Waals surface area contributed by atoms with E-state index in [0.717, 1.165) is 39.0 Å². The van der Waals surface area contributed by atoms with Gasteiger partial charge < -0.3 is 9.84 Å². The maximum atomic E-state index is 10.1. The minimum Gasteiger partial charge on any atom is -0.393 e. The van der Waals surface area contributed by atoms with Crippen LogP contribution in [0, 0.1) is 11.3 Å². The number of ether oxygens (including phenoxy) is 1. The van der Waals surface area contributed by atoms with Gasteiger partial charge >= 0.3 is 0 Å². The first-order valence-corrected chi connectivity index (χ1v) is 8.31. The zero-order valence-electron chi connectivity index (χ0n) is 14.0. The van der Waals surface area contributed by atoms with Crippen LogP contribution < -0.4 is 0 Å². The fourth-order valence-electron chi connectivity index (χ4n) is 4.04. The van der Waals surface area contributed by atoms with Crippen molar-refractivity contribution in [3.63, 3.8) is 0 Å². The maximum Gasteiger partial charge on any atom is 0.0753 e. The molecule has 3 unspecified atom stereocenters. The average molecular weight is 283 g/mol. The highest BCUT2D eigenvalue weighted by Gasteiger charge is 2.43. The van der Waals surface area contributed by atoms with E-state index in [0.29, 0.717) is 17.4 Å². The van der Waals surface area contributed by atoms with Crippen LogP contribution in [-0.2, 0) is 4.74 Å². The fourth-order valence-corrected chi connectivity index (χ4v) is 4.04. The molecule has 1 aliphatic carbocycles. The number of nitrogens with zero attached hydrogens (tertiary/aromatic N) is 1. The number of hydrogen-bond acceptors (Lipinski definition) is 3. The molecule has 1 aliphatic heterocycles. The lowest BCUT2D eigenvalue weighted by atomic mass is 9.66. The van der Waals surface area contributed by atoms with Crippen LogP contribution in [0.3, 0.4) is 0 Å². The number of aliphatic hydroxyl groups is 1. The van der Waals surface area contributed by atoms with Crippen molar-refractivity contribution in [2.24, 2.45) is 11.3 Å². The summed E-state index contributed by atoms with van der Waals surface area (Å²) in [7, 11) is 0. The quantitative estimate of drug-likeness (QED) is 0.864. The summed E-state index contributed by atoms with van der Waals surface area (Å²) in [5.41, 5.74) is 0.300. The smallest absolute Gasteiger partial charge is 0.0753 e. The first kappa shape index (κ1) is 16.3. The van der Waals surface area contributed by atoms with Crippen molar-refractivity contribution < 1.29 is 9.84 Å². The van der Waals surface area contributed by atoms with E-state index in [9.17, 15) is 5.11 Å². The lowest BCUT2D eigenvalue weighted by Gasteiger charge is -2.51. The van der Waals surface area contributed by atoms with Crippen molar-refractivity contribution in [2.45, 2.75) is 78.0 Å². The third-order valence-corrected chi connectivity index (χ3v) is 5.63. The summed E-state index contributed by atoms with van der Waals surface area (Å²) in [6, 6.07) is 0.511. The monoisotopic (exact) mass is 283 g/mol. The van der Waals surface area contributed by atoms with E-state index in [1.165, 1.54) is 6.42 Å². The van der Waals surface area contributed by atoms with Gasteiger partial charge in [-0.2, -0.15) is 0 Å². The van der Waals surface area contributed by atoms with Crippen LogP contribution in [0.4, 0.5) is 0 Å². The van der Waals surface area contributed by atoms with Crippen molar-refractivity contribution in [2.75, 3.05) is 19.7 Å². The lowest BCUT2D eigenvalue weighted by Crippen LogP contribution is -2.57. The summed E-state index contributed by atoms with van der Waals surface area (Å²) in [4.78, 5) is 2.59. The normalized spacial score (nSPS) is 36.0. The predicted molar refractivity (Wildman–Crippen MR) is 82.8 cm³/mol. The summed E-state index contributed by atoms with van der Waals surface area (Å²) in [6.45, 7) is 14.3. The molecule has 20 heavy (non-hydrogen) atoms. The molecule has 1 saturated carbocycles. The molecule has 2 fully saturated rings. The van der Waals surface area contributed by atoms with E-state index in [2.05, 4.69) is 39.5 Å². The van der Waals surface area contributed by atoms with Crippen molar-refractivity contribution in [3.8, 4) is 0 Å². The minimum absolute atomic E-state index is 0.0540. The van der Waals surface area contributed by atoms with Crippen LogP contribution in [0.1, 0.15) is 60.3 Å². The Morgan fingerprint density at radius 1 is 1.30 bits per heavy atom. The molecule has 3 nitrogen and oxygen atoms in total. The Kier molecular flexibility index (Phi) is 4.83. The molecule has 3 atom stereocenters. The van der Waals surface area contributed by atoms with Crippen molar-refractivity contribution in [1.29, 1.82) is 0 Å². The molecule has 0 spiro atoms. The van der Waals surface area contributed by atoms with Gasteiger partial charge in [0.25, 0.3) is 0 Å². The molecule has 1 heterocycles. The van der Waals surface area contributed by atoms with E-state index < -0.39 is 0 Å². The van der Waals surface area contributed by atoms with Crippen LogP contribution >= 0.6 is 0 Å². The molecule has 1 N–H and O–H groups in total. The summed E-state index contributed by atoms with van der Waals surface area (Å²) in [5, 5.41) is 10.1. The Bertz CT molecular complexity index is 327. The Hall–Kier alpha value is -0.120. The summed E-state index contributed by atoms with van der Waals surface area (Å²) in [5.74, 6) is 0.685. The highest BCUT2D eigenvalue weighted by molar-refractivity contribution is 4.96. The average Bonchev–Trinajstić information content (AvgIpc) is 2.37. The summed E-state index contributed by atoms with van der Waals surface area (Å²) < 4.78 is 5.86. The molecule has 1 saturated heterocycles. The molecular formula is C17H33NO2. The summed E-state index contributed by atoms with van der Waals surface area (Å²) >= 11 is 0. The molecule has 118 valence electrons. The second-order valence-electron chi connectivity index (χ2n) is 8.06. The molecule has 2 aliphatic rings. The van der Waals surface area contributed by atoms with Crippen molar-refractivity contribution in [1.82, 2.24) is 4.90 Å². The molecule has 2 rings (SSSR count). The number of morpholine rings is 1. The van der Waals surface area contributed by atoms with E-state index in [-0.39, 0.29) is 11.7 Å². The first-order chi connectivity index (χ1) is 9.25. The van der Waals surface area contributed by atoms with Gasteiger partial charge in [-0.05, 0) is 44.4 Å². The first-order valence-electron chi connectivity index (χ1n) is 8.31. The zero-order chi connectivity index (χ0) is 15.0. The van der Waals surface area contributed by atoms with Gasteiger partial charge in [-0.25, -0.2) is 0 Å². The highest BCUT2D eigenvalue weighted by Crippen LogP contribution is 2.43. The van der Waals surface area contributed by atoms with Crippen molar-refractivity contribution >= 4 is 0 Å². The maximum absolute atomic E-state index is 10.1. The van der Waals surface area contributed by atoms with Gasteiger partial charge in [-0.3, -0.25) is 4.90 Å². The fraction of sp³-hybridized carbons (Fsp3) is 1.00. The van der Waals surface area contributed by atoms with Crippen LogP contribution in [0.5, 0.6) is 0 Å². The van der Waals surface area contributed by atoms with E-state index >= 15 is 0 Å². The second-order valence-corrected chi connectivity index (χ2v) is 8.06. The Labute approximate surface area is 124 Å². The SMILES string of the molecule is CCC(C)(C)C1CCC(O)CC1N1CCOC(C)(C)C1. The topological polar surface area (TPSA) is 32.7 Å². The van der Waals surface area contributed by atoms with Gasteiger partial charge in [0, 0.05) is 19.1 Å². The van der Waals surface area contributed by atoms with Gasteiger partial charge in [0.2, 0.25) is 0 Å². The molecule has 0 aromatic heterocycles. The largest absolute Gasteiger partial charge is 0.393 e. The number of hydrogen-bond donors (Lipinski definition) is 1. The number of aliphatic hydroxyl groups excluding tert-OH is 1. The molecule has 0 bridgehead atoms. The molecule has 0 amide bonds. The molecule has 3 heteroatoms. The Morgan fingerprint density at radius 3 is 2.60 bits per heavy atom. The lowest BCUT2D eigenvalue weighted by molar-refractivity contribution is -0.122. The Balaban J connectivity index is 2.15. The van der Waals surface area contributed by atoms with Crippen LogP contribution in [0.25, 0.3) is 0 Å². The molecule has 0 aromatic carbocycles. The third-order valence-electron chi connectivity index (χ3n) is 5.63.